The molecule has 0 atom stereocenters. The summed E-state index contributed by atoms with van der Waals surface area (Å²) in [6, 6.07) is 6.14. The first kappa shape index (κ1) is 17.6. The van der Waals surface area contributed by atoms with Gasteiger partial charge in [-0.1, -0.05) is 19.9 Å². The van der Waals surface area contributed by atoms with E-state index >= 15 is 0 Å². The zero-order valence-corrected chi connectivity index (χ0v) is 14.8. The van der Waals surface area contributed by atoms with E-state index < -0.39 is 0 Å². The van der Waals surface area contributed by atoms with E-state index in [1.165, 1.54) is 5.56 Å². The predicted octanol–water partition coefficient (Wildman–Crippen LogP) is 3.53. The Balaban J connectivity index is 1.88. The molecule has 1 aliphatic heterocycles. The minimum atomic E-state index is 0.310. The molecular formula is C19H29NO3. The first-order valence-corrected chi connectivity index (χ1v) is 8.52. The van der Waals surface area contributed by atoms with Crippen molar-refractivity contribution in [2.24, 2.45) is 11.8 Å². The molecule has 1 aromatic rings. The normalized spacial score (nSPS) is 15.8. The smallest absolute Gasteiger partial charge is 0.222 e. The van der Waals surface area contributed by atoms with Crippen LogP contribution in [0.15, 0.2) is 18.2 Å². The van der Waals surface area contributed by atoms with Crippen LogP contribution in [0.25, 0.3) is 0 Å². The van der Waals surface area contributed by atoms with Crippen LogP contribution in [-0.2, 0) is 11.2 Å². The third kappa shape index (κ3) is 4.88. The van der Waals surface area contributed by atoms with Gasteiger partial charge in [0.05, 0.1) is 14.2 Å². The van der Waals surface area contributed by atoms with Crippen molar-refractivity contribution in [3.05, 3.63) is 23.8 Å². The van der Waals surface area contributed by atoms with Crippen LogP contribution in [-0.4, -0.2) is 38.1 Å². The molecule has 1 amide bonds. The van der Waals surface area contributed by atoms with Gasteiger partial charge in [0.2, 0.25) is 5.91 Å². The lowest BCUT2D eigenvalue weighted by Gasteiger charge is -2.32. The molecule has 2 rings (SSSR count). The van der Waals surface area contributed by atoms with Crippen molar-refractivity contribution in [1.29, 1.82) is 0 Å². The third-order valence-electron chi connectivity index (χ3n) is 4.52. The monoisotopic (exact) mass is 319 g/mol. The average Bonchev–Trinajstić information content (AvgIpc) is 2.54. The summed E-state index contributed by atoms with van der Waals surface area (Å²) in [5.41, 5.74) is 1.27. The van der Waals surface area contributed by atoms with Crippen LogP contribution in [0, 0.1) is 11.8 Å². The summed E-state index contributed by atoms with van der Waals surface area (Å²) in [6.07, 6.45) is 3.86. The van der Waals surface area contributed by atoms with Gasteiger partial charge in [-0.3, -0.25) is 4.79 Å². The lowest BCUT2D eigenvalue weighted by Crippen LogP contribution is -2.39. The second kappa shape index (κ2) is 8.23. The molecule has 0 radical (unpaired) electrons. The summed E-state index contributed by atoms with van der Waals surface area (Å²) in [6.45, 7) is 5.98. The number of likely N-dealkylation sites (tertiary alicyclic amines) is 1. The van der Waals surface area contributed by atoms with Gasteiger partial charge in [0.25, 0.3) is 0 Å². The van der Waals surface area contributed by atoms with Crippen molar-refractivity contribution in [3.63, 3.8) is 0 Å². The van der Waals surface area contributed by atoms with Crippen LogP contribution >= 0.6 is 0 Å². The number of methoxy groups -OCH3 is 2. The maximum absolute atomic E-state index is 12.1. The number of carbonyl (C=O) groups excluding carboxylic acids is 1. The molecule has 1 fully saturated rings. The van der Waals surface area contributed by atoms with Gasteiger partial charge in [-0.15, -0.1) is 0 Å². The van der Waals surface area contributed by atoms with E-state index in [1.807, 2.05) is 11.0 Å². The maximum atomic E-state index is 12.1. The fourth-order valence-corrected chi connectivity index (χ4v) is 3.21. The minimum absolute atomic E-state index is 0.310. The summed E-state index contributed by atoms with van der Waals surface area (Å²) >= 11 is 0. The molecule has 1 aromatic carbocycles. The highest BCUT2D eigenvalue weighted by atomic mass is 16.5. The van der Waals surface area contributed by atoms with Crippen LogP contribution < -0.4 is 9.47 Å². The van der Waals surface area contributed by atoms with E-state index in [9.17, 15) is 4.79 Å². The zero-order valence-electron chi connectivity index (χ0n) is 14.8. The Hall–Kier alpha value is -1.71. The SMILES string of the molecule is COc1ccc(CC2CCN(C(=O)CC(C)C)CC2)cc1OC. The van der Waals surface area contributed by atoms with Crippen LogP contribution in [0.1, 0.15) is 38.7 Å². The standard InChI is InChI=1S/C19H29NO3/c1-14(2)11-19(21)20-9-7-15(8-10-20)12-16-5-6-17(22-3)18(13-16)23-4/h5-6,13-15H,7-12H2,1-4H3. The fraction of sp³-hybridized carbons (Fsp3) is 0.632. The molecule has 0 unspecified atom stereocenters. The minimum Gasteiger partial charge on any atom is -0.493 e. The van der Waals surface area contributed by atoms with Crippen molar-refractivity contribution in [3.8, 4) is 11.5 Å². The summed E-state index contributed by atoms with van der Waals surface area (Å²) in [4.78, 5) is 14.2. The Morgan fingerprint density at radius 1 is 1.17 bits per heavy atom. The molecule has 1 heterocycles. The van der Waals surface area contributed by atoms with Gasteiger partial charge >= 0.3 is 0 Å². The van der Waals surface area contributed by atoms with Crippen molar-refractivity contribution in [1.82, 2.24) is 4.90 Å². The number of ether oxygens (including phenoxy) is 2. The number of nitrogens with zero attached hydrogens (tertiary/aromatic N) is 1. The largest absolute Gasteiger partial charge is 0.493 e. The van der Waals surface area contributed by atoms with E-state index in [4.69, 9.17) is 9.47 Å². The van der Waals surface area contributed by atoms with Crippen LogP contribution in [0.2, 0.25) is 0 Å². The lowest BCUT2D eigenvalue weighted by molar-refractivity contribution is -0.133. The van der Waals surface area contributed by atoms with Crippen LogP contribution in [0.5, 0.6) is 11.5 Å². The Bertz CT molecular complexity index is 519. The quantitative estimate of drug-likeness (QED) is 0.805. The number of hydrogen-bond donors (Lipinski definition) is 0. The topological polar surface area (TPSA) is 38.8 Å². The van der Waals surface area contributed by atoms with E-state index in [1.54, 1.807) is 14.2 Å². The van der Waals surface area contributed by atoms with Gasteiger partial charge in [-0.25, -0.2) is 0 Å². The molecular weight excluding hydrogens is 290 g/mol. The zero-order chi connectivity index (χ0) is 16.8. The molecule has 0 bridgehead atoms. The number of rotatable bonds is 6. The molecule has 0 aliphatic carbocycles. The first-order valence-electron chi connectivity index (χ1n) is 8.52. The number of hydrogen-bond acceptors (Lipinski definition) is 3. The number of benzene rings is 1. The van der Waals surface area contributed by atoms with Crippen molar-refractivity contribution >= 4 is 5.91 Å². The molecule has 4 heteroatoms. The number of amides is 1. The Morgan fingerprint density at radius 3 is 2.39 bits per heavy atom. The van der Waals surface area contributed by atoms with E-state index in [0.717, 1.165) is 43.9 Å². The van der Waals surface area contributed by atoms with Crippen LogP contribution in [0.4, 0.5) is 0 Å². The van der Waals surface area contributed by atoms with Gasteiger partial charge in [0.1, 0.15) is 0 Å². The van der Waals surface area contributed by atoms with Crippen molar-refractivity contribution in [2.45, 2.75) is 39.5 Å². The molecule has 0 saturated carbocycles. The highest BCUT2D eigenvalue weighted by molar-refractivity contribution is 5.76. The lowest BCUT2D eigenvalue weighted by atomic mass is 9.89. The molecule has 128 valence electrons. The third-order valence-corrected chi connectivity index (χ3v) is 4.52. The molecule has 23 heavy (non-hydrogen) atoms. The summed E-state index contributed by atoms with van der Waals surface area (Å²) in [5, 5.41) is 0. The Morgan fingerprint density at radius 2 is 1.83 bits per heavy atom. The number of piperidine rings is 1. The molecule has 0 N–H and O–H groups in total. The highest BCUT2D eigenvalue weighted by Gasteiger charge is 2.23. The van der Waals surface area contributed by atoms with Crippen LogP contribution in [0.3, 0.4) is 0 Å². The van der Waals surface area contributed by atoms with Crippen molar-refractivity contribution in [2.75, 3.05) is 27.3 Å². The Kier molecular flexibility index (Phi) is 6.31. The predicted molar refractivity (Wildman–Crippen MR) is 92.0 cm³/mol. The first-order chi connectivity index (χ1) is 11.0. The van der Waals surface area contributed by atoms with Gasteiger partial charge in [0, 0.05) is 19.5 Å². The summed E-state index contributed by atoms with van der Waals surface area (Å²) in [7, 11) is 3.32. The van der Waals surface area contributed by atoms with E-state index in [2.05, 4.69) is 26.0 Å². The van der Waals surface area contributed by atoms with Gasteiger partial charge in [0.15, 0.2) is 11.5 Å². The summed E-state index contributed by atoms with van der Waals surface area (Å²) in [5.74, 6) is 2.94. The number of carbonyl (C=O) groups is 1. The Labute approximate surface area is 139 Å². The maximum Gasteiger partial charge on any atom is 0.222 e. The molecule has 0 spiro atoms. The highest BCUT2D eigenvalue weighted by Crippen LogP contribution is 2.30. The van der Waals surface area contributed by atoms with Gasteiger partial charge < -0.3 is 14.4 Å². The van der Waals surface area contributed by atoms with Crippen molar-refractivity contribution < 1.29 is 14.3 Å². The average molecular weight is 319 g/mol. The van der Waals surface area contributed by atoms with E-state index in [-0.39, 0.29) is 0 Å². The van der Waals surface area contributed by atoms with Gasteiger partial charge in [-0.05, 0) is 48.8 Å². The molecule has 4 nitrogen and oxygen atoms in total. The van der Waals surface area contributed by atoms with E-state index in [0.29, 0.717) is 24.2 Å². The fourth-order valence-electron chi connectivity index (χ4n) is 3.21. The van der Waals surface area contributed by atoms with Gasteiger partial charge in [-0.2, -0.15) is 0 Å². The summed E-state index contributed by atoms with van der Waals surface area (Å²) < 4.78 is 10.7. The second-order valence-electron chi connectivity index (χ2n) is 6.82. The molecule has 0 aromatic heterocycles. The molecule has 1 saturated heterocycles. The molecule has 1 aliphatic rings. The second-order valence-corrected chi connectivity index (χ2v) is 6.82.